The summed E-state index contributed by atoms with van der Waals surface area (Å²) in [6, 6.07) is 11.1. The Morgan fingerprint density at radius 1 is 1.19 bits per heavy atom. The van der Waals surface area contributed by atoms with Gasteiger partial charge in [0.05, 0.1) is 6.10 Å². The molecule has 0 aromatic heterocycles. The Labute approximate surface area is 97.7 Å². The van der Waals surface area contributed by atoms with E-state index in [0.29, 0.717) is 6.04 Å². The molecule has 16 heavy (non-hydrogen) atoms. The minimum absolute atomic E-state index is 0.0806. The zero-order valence-corrected chi connectivity index (χ0v) is 9.73. The molecule has 88 valence electrons. The largest absolute Gasteiger partial charge is 0.393 e. The topological polar surface area (TPSA) is 32.3 Å². The summed E-state index contributed by atoms with van der Waals surface area (Å²) in [5.41, 5.74) is 1.38. The summed E-state index contributed by atoms with van der Waals surface area (Å²) < 4.78 is 0. The molecular formula is C14H21NO. The van der Waals surface area contributed by atoms with Crippen LogP contribution in [0.4, 0.5) is 0 Å². The predicted molar refractivity (Wildman–Crippen MR) is 66.4 cm³/mol. The number of aliphatic hydroxyl groups is 1. The molecule has 1 saturated carbocycles. The van der Waals surface area contributed by atoms with Gasteiger partial charge in [0, 0.05) is 6.04 Å². The third-order valence-corrected chi connectivity index (χ3v) is 3.34. The van der Waals surface area contributed by atoms with Crippen molar-refractivity contribution in [2.75, 3.05) is 6.54 Å². The molecule has 2 unspecified atom stereocenters. The van der Waals surface area contributed by atoms with Crippen molar-refractivity contribution in [2.24, 2.45) is 0 Å². The zero-order valence-electron chi connectivity index (χ0n) is 9.73. The van der Waals surface area contributed by atoms with Crippen LogP contribution in [0.3, 0.4) is 0 Å². The number of rotatable bonds is 4. The first-order valence-electron chi connectivity index (χ1n) is 6.30. The highest BCUT2D eigenvalue weighted by Crippen LogP contribution is 2.18. The Morgan fingerprint density at radius 2 is 2.00 bits per heavy atom. The number of nitrogens with one attached hydrogen (secondary N) is 1. The van der Waals surface area contributed by atoms with E-state index in [0.717, 1.165) is 32.2 Å². The highest BCUT2D eigenvalue weighted by Gasteiger charge is 2.18. The van der Waals surface area contributed by atoms with Crippen molar-refractivity contribution in [3.8, 4) is 0 Å². The SMILES string of the molecule is OC1CCCC(NCCc2ccccc2)C1. The van der Waals surface area contributed by atoms with E-state index < -0.39 is 0 Å². The third kappa shape index (κ3) is 3.62. The molecule has 0 aliphatic heterocycles. The van der Waals surface area contributed by atoms with E-state index in [1.54, 1.807) is 0 Å². The van der Waals surface area contributed by atoms with Gasteiger partial charge in [-0.1, -0.05) is 30.3 Å². The minimum atomic E-state index is -0.0806. The van der Waals surface area contributed by atoms with Crippen LogP contribution in [-0.4, -0.2) is 23.8 Å². The second-order valence-corrected chi connectivity index (χ2v) is 4.71. The first kappa shape index (κ1) is 11.6. The minimum Gasteiger partial charge on any atom is -0.393 e. The maximum Gasteiger partial charge on any atom is 0.0555 e. The summed E-state index contributed by atoms with van der Waals surface area (Å²) >= 11 is 0. The standard InChI is InChI=1S/C14H21NO/c16-14-8-4-7-13(11-14)15-10-9-12-5-2-1-3-6-12/h1-3,5-6,13-16H,4,7-11H2. The van der Waals surface area contributed by atoms with Gasteiger partial charge in [-0.05, 0) is 44.2 Å². The molecule has 2 rings (SSSR count). The predicted octanol–water partition coefficient (Wildman–Crippen LogP) is 2.12. The molecule has 0 radical (unpaired) electrons. The van der Waals surface area contributed by atoms with Gasteiger partial charge in [-0.25, -0.2) is 0 Å². The van der Waals surface area contributed by atoms with Crippen molar-refractivity contribution in [3.05, 3.63) is 35.9 Å². The summed E-state index contributed by atoms with van der Waals surface area (Å²) in [6.45, 7) is 1.02. The Morgan fingerprint density at radius 3 is 2.75 bits per heavy atom. The molecule has 0 heterocycles. The maximum atomic E-state index is 9.56. The van der Waals surface area contributed by atoms with Crippen molar-refractivity contribution >= 4 is 0 Å². The summed E-state index contributed by atoms with van der Waals surface area (Å²) in [5, 5.41) is 13.1. The maximum absolute atomic E-state index is 9.56. The van der Waals surface area contributed by atoms with Crippen LogP contribution in [0.1, 0.15) is 31.2 Å². The third-order valence-electron chi connectivity index (χ3n) is 3.34. The van der Waals surface area contributed by atoms with Crippen LogP contribution in [0.25, 0.3) is 0 Å². The molecule has 0 amide bonds. The Hall–Kier alpha value is -0.860. The average Bonchev–Trinajstić information content (AvgIpc) is 2.30. The summed E-state index contributed by atoms with van der Waals surface area (Å²) in [7, 11) is 0. The fourth-order valence-electron chi connectivity index (χ4n) is 2.41. The van der Waals surface area contributed by atoms with Gasteiger partial charge in [-0.3, -0.25) is 0 Å². The van der Waals surface area contributed by atoms with Crippen LogP contribution in [0.2, 0.25) is 0 Å². The van der Waals surface area contributed by atoms with E-state index in [9.17, 15) is 5.11 Å². The Balaban J connectivity index is 1.68. The number of hydrogen-bond donors (Lipinski definition) is 2. The number of hydrogen-bond acceptors (Lipinski definition) is 2. The molecular weight excluding hydrogens is 198 g/mol. The highest BCUT2D eigenvalue weighted by atomic mass is 16.3. The van der Waals surface area contributed by atoms with Crippen molar-refractivity contribution < 1.29 is 5.11 Å². The first-order chi connectivity index (χ1) is 7.84. The molecule has 2 atom stereocenters. The second kappa shape index (κ2) is 6.02. The van der Waals surface area contributed by atoms with Crippen LogP contribution in [0.15, 0.2) is 30.3 Å². The van der Waals surface area contributed by atoms with E-state index >= 15 is 0 Å². The summed E-state index contributed by atoms with van der Waals surface area (Å²) in [6.07, 6.45) is 5.28. The monoisotopic (exact) mass is 219 g/mol. The average molecular weight is 219 g/mol. The fraction of sp³-hybridized carbons (Fsp3) is 0.571. The molecule has 1 aromatic carbocycles. The lowest BCUT2D eigenvalue weighted by Crippen LogP contribution is -2.37. The summed E-state index contributed by atoms with van der Waals surface area (Å²) in [5.74, 6) is 0. The molecule has 0 spiro atoms. The normalized spacial score (nSPS) is 25.6. The molecule has 1 aromatic rings. The zero-order chi connectivity index (χ0) is 11.2. The van der Waals surface area contributed by atoms with Gasteiger partial charge in [-0.2, -0.15) is 0 Å². The van der Waals surface area contributed by atoms with Gasteiger partial charge in [0.25, 0.3) is 0 Å². The molecule has 1 fully saturated rings. The number of benzene rings is 1. The van der Waals surface area contributed by atoms with E-state index in [-0.39, 0.29) is 6.10 Å². The lowest BCUT2D eigenvalue weighted by atomic mass is 9.93. The second-order valence-electron chi connectivity index (χ2n) is 4.71. The van der Waals surface area contributed by atoms with Gasteiger partial charge < -0.3 is 10.4 Å². The van der Waals surface area contributed by atoms with E-state index in [1.807, 2.05) is 0 Å². The Kier molecular flexibility index (Phi) is 4.37. The van der Waals surface area contributed by atoms with Gasteiger partial charge in [0.2, 0.25) is 0 Å². The fourth-order valence-corrected chi connectivity index (χ4v) is 2.41. The van der Waals surface area contributed by atoms with Crippen LogP contribution in [0.5, 0.6) is 0 Å². The quantitative estimate of drug-likeness (QED) is 0.813. The smallest absolute Gasteiger partial charge is 0.0555 e. The van der Waals surface area contributed by atoms with Crippen LogP contribution in [0, 0.1) is 0 Å². The Bertz CT molecular complexity index is 299. The molecule has 0 bridgehead atoms. The van der Waals surface area contributed by atoms with Crippen molar-refractivity contribution in [1.82, 2.24) is 5.32 Å². The van der Waals surface area contributed by atoms with Gasteiger partial charge in [-0.15, -0.1) is 0 Å². The van der Waals surface area contributed by atoms with Gasteiger partial charge in [0.1, 0.15) is 0 Å². The molecule has 0 saturated heterocycles. The molecule has 2 N–H and O–H groups in total. The summed E-state index contributed by atoms with van der Waals surface area (Å²) in [4.78, 5) is 0. The van der Waals surface area contributed by atoms with Crippen LogP contribution < -0.4 is 5.32 Å². The van der Waals surface area contributed by atoms with Crippen molar-refractivity contribution in [3.63, 3.8) is 0 Å². The molecule has 2 heteroatoms. The van der Waals surface area contributed by atoms with Crippen molar-refractivity contribution in [1.29, 1.82) is 0 Å². The van der Waals surface area contributed by atoms with E-state index in [1.165, 1.54) is 12.0 Å². The van der Waals surface area contributed by atoms with Crippen LogP contribution >= 0.6 is 0 Å². The molecule has 2 nitrogen and oxygen atoms in total. The highest BCUT2D eigenvalue weighted by molar-refractivity contribution is 5.14. The molecule has 1 aliphatic rings. The van der Waals surface area contributed by atoms with Crippen LogP contribution in [-0.2, 0) is 6.42 Å². The lowest BCUT2D eigenvalue weighted by Gasteiger charge is -2.26. The van der Waals surface area contributed by atoms with Gasteiger partial charge >= 0.3 is 0 Å². The first-order valence-corrected chi connectivity index (χ1v) is 6.30. The lowest BCUT2D eigenvalue weighted by molar-refractivity contribution is 0.112. The number of aliphatic hydroxyl groups excluding tert-OH is 1. The van der Waals surface area contributed by atoms with Gasteiger partial charge in [0.15, 0.2) is 0 Å². The van der Waals surface area contributed by atoms with E-state index in [2.05, 4.69) is 35.6 Å². The molecule has 1 aliphatic carbocycles. The van der Waals surface area contributed by atoms with E-state index in [4.69, 9.17) is 0 Å². The van der Waals surface area contributed by atoms with Crippen molar-refractivity contribution in [2.45, 2.75) is 44.2 Å².